The number of carbonyl (C=O) groups is 1. The van der Waals surface area contributed by atoms with Crippen LogP contribution in [0.25, 0.3) is 0 Å². The minimum Gasteiger partial charge on any atom is -0.458 e. The van der Waals surface area contributed by atoms with Gasteiger partial charge in [-0.2, -0.15) is 13.2 Å². The van der Waals surface area contributed by atoms with Crippen LogP contribution >= 0.6 is 0 Å². The van der Waals surface area contributed by atoms with Gasteiger partial charge in [-0.05, 0) is 39.5 Å². The van der Waals surface area contributed by atoms with Crippen molar-refractivity contribution in [3.8, 4) is 0 Å². The first-order valence-electron chi connectivity index (χ1n) is 5.57. The first-order valence-corrected chi connectivity index (χ1v) is 5.57. The van der Waals surface area contributed by atoms with Crippen LogP contribution < -0.4 is 5.73 Å². The van der Waals surface area contributed by atoms with Crippen molar-refractivity contribution in [2.45, 2.75) is 57.3 Å². The molecular weight excluding hydrogens is 235 g/mol. The average Bonchev–Trinajstić information content (AvgIpc) is 1.94. The van der Waals surface area contributed by atoms with Gasteiger partial charge in [-0.1, -0.05) is 6.42 Å². The van der Waals surface area contributed by atoms with Crippen molar-refractivity contribution in [3.05, 3.63) is 0 Å². The minimum absolute atomic E-state index is 0.315. The molecule has 1 fully saturated rings. The van der Waals surface area contributed by atoms with Crippen molar-refractivity contribution in [3.63, 3.8) is 0 Å². The highest BCUT2D eigenvalue weighted by Gasteiger charge is 2.64. The Labute approximate surface area is 98.5 Å². The van der Waals surface area contributed by atoms with E-state index in [-0.39, 0.29) is 0 Å². The van der Waals surface area contributed by atoms with Crippen LogP contribution in [0.2, 0.25) is 0 Å². The maximum Gasteiger partial charge on any atom is 0.417 e. The second kappa shape index (κ2) is 4.15. The van der Waals surface area contributed by atoms with Crippen LogP contribution in [-0.2, 0) is 9.53 Å². The number of hydrogen-bond donors (Lipinski definition) is 1. The Bertz CT molecular complexity index is 305. The number of nitrogens with two attached hydrogens (primary N) is 1. The van der Waals surface area contributed by atoms with E-state index in [2.05, 4.69) is 0 Å². The summed E-state index contributed by atoms with van der Waals surface area (Å²) in [5.74, 6) is -2.24. The van der Waals surface area contributed by atoms with Crippen LogP contribution in [-0.4, -0.2) is 23.3 Å². The van der Waals surface area contributed by atoms with Gasteiger partial charge in [0.25, 0.3) is 0 Å². The van der Waals surface area contributed by atoms with Crippen molar-refractivity contribution in [1.82, 2.24) is 0 Å². The molecule has 0 saturated heterocycles. The summed E-state index contributed by atoms with van der Waals surface area (Å²) in [4.78, 5) is 11.7. The molecule has 1 rings (SSSR count). The maximum atomic E-state index is 13.0. The number of esters is 1. The Kier molecular flexibility index (Phi) is 3.49. The van der Waals surface area contributed by atoms with Gasteiger partial charge in [0.15, 0.2) is 0 Å². The van der Waals surface area contributed by atoms with E-state index in [0.717, 1.165) is 0 Å². The molecule has 0 spiro atoms. The minimum atomic E-state index is -4.78. The lowest BCUT2D eigenvalue weighted by Gasteiger charge is -2.42. The third kappa shape index (κ3) is 2.73. The van der Waals surface area contributed by atoms with Gasteiger partial charge in [0.2, 0.25) is 5.54 Å². The maximum absolute atomic E-state index is 13.0. The SMILES string of the molecule is CC(C)(C)OC(=O)C(N)(C1CCC1)C(F)(F)F. The van der Waals surface area contributed by atoms with Crippen molar-refractivity contribution in [2.75, 3.05) is 0 Å². The fraction of sp³-hybridized carbons (Fsp3) is 0.909. The summed E-state index contributed by atoms with van der Waals surface area (Å²) >= 11 is 0. The van der Waals surface area contributed by atoms with Gasteiger partial charge in [0, 0.05) is 0 Å². The largest absolute Gasteiger partial charge is 0.458 e. The Morgan fingerprint density at radius 1 is 1.24 bits per heavy atom. The van der Waals surface area contributed by atoms with E-state index < -0.39 is 29.2 Å². The second-order valence-corrected chi connectivity index (χ2v) is 5.50. The number of hydrogen-bond acceptors (Lipinski definition) is 3. The Balaban J connectivity index is 2.95. The normalized spacial score (nSPS) is 21.6. The van der Waals surface area contributed by atoms with E-state index >= 15 is 0 Å². The molecule has 1 saturated carbocycles. The molecule has 100 valence electrons. The smallest absolute Gasteiger partial charge is 0.417 e. The van der Waals surface area contributed by atoms with E-state index in [4.69, 9.17) is 10.5 Å². The van der Waals surface area contributed by atoms with Crippen LogP contribution in [0.1, 0.15) is 40.0 Å². The van der Waals surface area contributed by atoms with E-state index in [1.807, 2.05) is 0 Å². The Hall–Kier alpha value is -0.780. The first-order chi connectivity index (χ1) is 7.48. The molecule has 0 bridgehead atoms. The van der Waals surface area contributed by atoms with Crippen LogP contribution in [0, 0.1) is 5.92 Å². The average molecular weight is 253 g/mol. The zero-order chi connectivity index (χ0) is 13.5. The Morgan fingerprint density at radius 2 is 1.71 bits per heavy atom. The molecule has 0 amide bonds. The molecular formula is C11H18F3NO2. The third-order valence-electron chi connectivity index (χ3n) is 2.95. The van der Waals surface area contributed by atoms with Gasteiger partial charge in [0.1, 0.15) is 5.60 Å². The molecule has 6 heteroatoms. The highest BCUT2D eigenvalue weighted by Crippen LogP contribution is 2.45. The van der Waals surface area contributed by atoms with Crippen LogP contribution in [0.5, 0.6) is 0 Å². The van der Waals surface area contributed by atoms with Gasteiger partial charge >= 0.3 is 12.1 Å². The van der Waals surface area contributed by atoms with Gasteiger partial charge in [-0.25, -0.2) is 4.79 Å². The summed E-state index contributed by atoms with van der Waals surface area (Å²) in [5, 5.41) is 0. The second-order valence-electron chi connectivity index (χ2n) is 5.50. The molecule has 1 aliphatic rings. The lowest BCUT2D eigenvalue weighted by Crippen LogP contribution is -2.67. The molecule has 1 atom stereocenters. The number of ether oxygens (including phenoxy) is 1. The zero-order valence-electron chi connectivity index (χ0n) is 10.2. The van der Waals surface area contributed by atoms with E-state index in [1.165, 1.54) is 20.8 Å². The summed E-state index contributed by atoms with van der Waals surface area (Å²) in [5.41, 5.74) is 1.49. The van der Waals surface area contributed by atoms with E-state index in [0.29, 0.717) is 19.3 Å². The fourth-order valence-corrected chi connectivity index (χ4v) is 1.74. The topological polar surface area (TPSA) is 52.3 Å². The molecule has 1 aliphatic carbocycles. The predicted octanol–water partition coefficient (Wildman–Crippen LogP) is 2.39. The first kappa shape index (κ1) is 14.3. The van der Waals surface area contributed by atoms with Crippen LogP contribution in [0.4, 0.5) is 13.2 Å². The van der Waals surface area contributed by atoms with E-state index in [9.17, 15) is 18.0 Å². The molecule has 2 N–H and O–H groups in total. The van der Waals surface area contributed by atoms with Crippen molar-refractivity contribution in [1.29, 1.82) is 0 Å². The van der Waals surface area contributed by atoms with Gasteiger partial charge < -0.3 is 10.5 Å². The summed E-state index contributed by atoms with van der Waals surface area (Å²) < 4.78 is 43.7. The summed E-state index contributed by atoms with van der Waals surface area (Å²) in [7, 11) is 0. The lowest BCUT2D eigenvalue weighted by molar-refractivity contribution is -0.227. The molecule has 0 radical (unpaired) electrons. The third-order valence-corrected chi connectivity index (χ3v) is 2.95. The van der Waals surface area contributed by atoms with Crippen molar-refractivity contribution < 1.29 is 22.7 Å². The fourth-order valence-electron chi connectivity index (χ4n) is 1.74. The lowest BCUT2D eigenvalue weighted by atomic mass is 9.70. The number of alkyl halides is 3. The summed E-state index contributed by atoms with van der Waals surface area (Å²) in [6.07, 6.45) is -3.48. The molecule has 3 nitrogen and oxygen atoms in total. The van der Waals surface area contributed by atoms with Crippen LogP contribution in [0.3, 0.4) is 0 Å². The van der Waals surface area contributed by atoms with Gasteiger partial charge in [-0.3, -0.25) is 0 Å². The van der Waals surface area contributed by atoms with Gasteiger partial charge in [0.05, 0.1) is 0 Å². The summed E-state index contributed by atoms with van der Waals surface area (Å²) in [6.45, 7) is 4.55. The molecule has 0 aromatic rings. The number of carbonyl (C=O) groups excluding carboxylic acids is 1. The van der Waals surface area contributed by atoms with E-state index in [1.54, 1.807) is 0 Å². The highest BCUT2D eigenvalue weighted by molar-refractivity contribution is 5.82. The van der Waals surface area contributed by atoms with Crippen molar-refractivity contribution >= 4 is 5.97 Å². The molecule has 17 heavy (non-hydrogen) atoms. The van der Waals surface area contributed by atoms with Gasteiger partial charge in [-0.15, -0.1) is 0 Å². The molecule has 0 aromatic carbocycles. The molecule has 0 aromatic heterocycles. The standard InChI is InChI=1S/C11H18F3NO2/c1-9(2,3)17-8(16)10(15,11(12,13)14)7-5-4-6-7/h7H,4-6,15H2,1-3H3. The highest BCUT2D eigenvalue weighted by atomic mass is 19.4. The quantitative estimate of drug-likeness (QED) is 0.769. The molecule has 0 heterocycles. The Morgan fingerprint density at radius 3 is 1.94 bits per heavy atom. The zero-order valence-corrected chi connectivity index (χ0v) is 10.2. The van der Waals surface area contributed by atoms with Crippen LogP contribution in [0.15, 0.2) is 0 Å². The summed E-state index contributed by atoms with van der Waals surface area (Å²) in [6, 6.07) is 0. The van der Waals surface area contributed by atoms with Crippen molar-refractivity contribution in [2.24, 2.45) is 11.7 Å². The monoisotopic (exact) mass is 253 g/mol. The number of halogens is 3. The number of rotatable bonds is 2. The molecule has 1 unspecified atom stereocenters. The molecule has 0 aliphatic heterocycles. The predicted molar refractivity (Wildman–Crippen MR) is 56.2 cm³/mol.